The van der Waals surface area contributed by atoms with Crippen LogP contribution in [0, 0.1) is 0 Å². The van der Waals surface area contributed by atoms with Crippen molar-refractivity contribution >= 4 is 23.1 Å². The molecule has 0 spiro atoms. The molecule has 1 atom stereocenters. The Hall–Kier alpha value is -4.26. The Labute approximate surface area is 215 Å². The van der Waals surface area contributed by atoms with Crippen molar-refractivity contribution < 1.29 is 28.9 Å². The van der Waals surface area contributed by atoms with Gasteiger partial charge in [0.1, 0.15) is 23.0 Å². The number of fused-ring (bicyclic) bond motifs is 1. The van der Waals surface area contributed by atoms with E-state index in [4.69, 9.17) is 14.2 Å². The van der Waals surface area contributed by atoms with Gasteiger partial charge in [-0.1, -0.05) is 12.1 Å². The number of amides is 1. The molecule has 0 bridgehead atoms. The van der Waals surface area contributed by atoms with E-state index in [-0.39, 0.29) is 17.4 Å². The fraction of sp³-hybridized carbons (Fsp3) is 0.267. The molecule has 37 heavy (non-hydrogen) atoms. The number of Topliss-reactive ketones (excluding diaryl/α,β-unsaturated/α-hetero) is 1. The number of ketones is 1. The lowest BCUT2D eigenvalue weighted by molar-refractivity contribution is -0.132. The van der Waals surface area contributed by atoms with Gasteiger partial charge in [-0.05, 0) is 92.4 Å². The van der Waals surface area contributed by atoms with Crippen LogP contribution in [0.5, 0.6) is 17.2 Å². The first-order chi connectivity index (χ1) is 17.9. The molecule has 0 aliphatic carbocycles. The molecule has 1 unspecified atom stereocenters. The minimum absolute atomic E-state index is 0.00349. The van der Waals surface area contributed by atoms with Crippen molar-refractivity contribution in [2.75, 3.05) is 18.6 Å². The van der Waals surface area contributed by atoms with Gasteiger partial charge in [0.05, 0.1) is 31.4 Å². The van der Waals surface area contributed by atoms with E-state index in [2.05, 4.69) is 0 Å². The highest BCUT2D eigenvalue weighted by atomic mass is 16.5. The minimum atomic E-state index is -0.825. The number of benzene rings is 3. The third kappa shape index (κ3) is 4.65. The van der Waals surface area contributed by atoms with Crippen LogP contribution < -0.4 is 19.1 Å². The van der Waals surface area contributed by atoms with Crippen LogP contribution in [0.1, 0.15) is 43.0 Å². The SMILES string of the molecule is COc1ccc(N2C(=O)C(=O)/C(=C(\O)c3ccc4c(c3)CCCO4)C2c2ccc(OC(C)C)cc2)cc1. The number of methoxy groups -OCH3 is 1. The van der Waals surface area contributed by atoms with Crippen LogP contribution in [-0.2, 0) is 16.0 Å². The number of ether oxygens (including phenoxy) is 3. The monoisotopic (exact) mass is 499 g/mol. The predicted molar refractivity (Wildman–Crippen MR) is 140 cm³/mol. The largest absolute Gasteiger partial charge is 0.507 e. The number of nitrogens with zero attached hydrogens (tertiary/aromatic N) is 1. The Morgan fingerprint density at radius 3 is 2.38 bits per heavy atom. The molecule has 7 nitrogen and oxygen atoms in total. The van der Waals surface area contributed by atoms with Gasteiger partial charge in [0.25, 0.3) is 11.7 Å². The summed E-state index contributed by atoms with van der Waals surface area (Å²) >= 11 is 0. The fourth-order valence-corrected chi connectivity index (χ4v) is 4.82. The van der Waals surface area contributed by atoms with Crippen molar-refractivity contribution in [1.29, 1.82) is 0 Å². The number of aliphatic hydroxyl groups is 1. The average Bonchev–Trinajstić information content (AvgIpc) is 3.18. The molecule has 1 fully saturated rings. The highest BCUT2D eigenvalue weighted by Crippen LogP contribution is 2.43. The van der Waals surface area contributed by atoms with Crippen molar-refractivity contribution in [3.05, 3.63) is 89.0 Å². The van der Waals surface area contributed by atoms with Crippen LogP contribution >= 0.6 is 0 Å². The van der Waals surface area contributed by atoms with E-state index in [1.54, 1.807) is 55.6 Å². The summed E-state index contributed by atoms with van der Waals surface area (Å²) in [6.45, 7) is 4.54. The summed E-state index contributed by atoms with van der Waals surface area (Å²) in [6.07, 6.45) is 1.70. The van der Waals surface area contributed by atoms with Crippen molar-refractivity contribution in [2.45, 2.75) is 38.8 Å². The van der Waals surface area contributed by atoms with Crippen LogP contribution in [0.4, 0.5) is 5.69 Å². The highest BCUT2D eigenvalue weighted by molar-refractivity contribution is 6.51. The second-order valence-electron chi connectivity index (χ2n) is 9.38. The van der Waals surface area contributed by atoms with E-state index < -0.39 is 17.7 Å². The summed E-state index contributed by atoms with van der Waals surface area (Å²) in [4.78, 5) is 28.2. The fourth-order valence-electron chi connectivity index (χ4n) is 4.82. The Morgan fingerprint density at radius 1 is 1.00 bits per heavy atom. The number of hydrogen-bond donors (Lipinski definition) is 1. The maximum Gasteiger partial charge on any atom is 0.300 e. The van der Waals surface area contributed by atoms with E-state index in [1.165, 1.54) is 4.90 Å². The standard InChI is InChI=1S/C30H29NO6/c1-18(2)37-24-11-6-19(7-12-24)27-26(28(32)21-8-15-25-20(17-21)5-4-16-36-25)29(33)30(34)31(27)22-9-13-23(35-3)14-10-22/h6-15,17-18,27,32H,4-5,16H2,1-3H3/b28-26-. The molecule has 1 amide bonds. The number of anilines is 1. The van der Waals surface area contributed by atoms with Gasteiger partial charge in [0.15, 0.2) is 0 Å². The lowest BCUT2D eigenvalue weighted by atomic mass is 9.93. The van der Waals surface area contributed by atoms with Crippen LogP contribution in [0.15, 0.2) is 72.3 Å². The third-order valence-electron chi connectivity index (χ3n) is 6.54. The van der Waals surface area contributed by atoms with Gasteiger partial charge in [-0.3, -0.25) is 14.5 Å². The summed E-state index contributed by atoms with van der Waals surface area (Å²) in [5.74, 6) is 0.419. The molecule has 2 aliphatic heterocycles. The lowest BCUT2D eigenvalue weighted by Gasteiger charge is -2.26. The van der Waals surface area contributed by atoms with E-state index in [9.17, 15) is 14.7 Å². The van der Waals surface area contributed by atoms with Crippen molar-refractivity contribution in [2.24, 2.45) is 0 Å². The maximum atomic E-state index is 13.4. The van der Waals surface area contributed by atoms with Crippen molar-refractivity contribution in [3.63, 3.8) is 0 Å². The predicted octanol–water partition coefficient (Wildman–Crippen LogP) is 5.43. The molecule has 3 aromatic rings. The molecule has 0 aromatic heterocycles. The maximum absolute atomic E-state index is 13.4. The Kier molecular flexibility index (Phi) is 6.61. The number of aryl methyl sites for hydroxylation is 1. The zero-order valence-electron chi connectivity index (χ0n) is 21.1. The normalized spacial score (nSPS) is 18.5. The third-order valence-corrected chi connectivity index (χ3v) is 6.54. The van der Waals surface area contributed by atoms with Gasteiger partial charge in [-0.2, -0.15) is 0 Å². The molecular weight excluding hydrogens is 470 g/mol. The lowest BCUT2D eigenvalue weighted by Crippen LogP contribution is -2.29. The van der Waals surface area contributed by atoms with Gasteiger partial charge < -0.3 is 19.3 Å². The Balaban J connectivity index is 1.64. The summed E-state index contributed by atoms with van der Waals surface area (Å²) in [5, 5.41) is 11.5. The summed E-state index contributed by atoms with van der Waals surface area (Å²) in [6, 6.07) is 18.7. The molecule has 2 heterocycles. The van der Waals surface area contributed by atoms with Crippen LogP contribution in [0.25, 0.3) is 5.76 Å². The molecule has 0 saturated carbocycles. The minimum Gasteiger partial charge on any atom is -0.507 e. The van der Waals surface area contributed by atoms with Gasteiger partial charge >= 0.3 is 0 Å². The smallest absolute Gasteiger partial charge is 0.300 e. The van der Waals surface area contributed by atoms with Gasteiger partial charge in [0, 0.05) is 11.3 Å². The molecule has 7 heteroatoms. The first-order valence-electron chi connectivity index (χ1n) is 12.3. The van der Waals surface area contributed by atoms with Crippen LogP contribution in [0.2, 0.25) is 0 Å². The van der Waals surface area contributed by atoms with Gasteiger partial charge in [-0.15, -0.1) is 0 Å². The van der Waals surface area contributed by atoms with E-state index in [0.717, 1.165) is 24.2 Å². The number of rotatable bonds is 6. The Bertz CT molecular complexity index is 1360. The molecule has 190 valence electrons. The number of aliphatic hydroxyl groups excluding tert-OH is 1. The van der Waals surface area contributed by atoms with Gasteiger partial charge in [-0.25, -0.2) is 0 Å². The molecule has 3 aromatic carbocycles. The summed E-state index contributed by atoms with van der Waals surface area (Å²) in [5.41, 5.74) is 2.67. The van der Waals surface area contributed by atoms with Crippen molar-refractivity contribution in [3.8, 4) is 17.2 Å². The summed E-state index contributed by atoms with van der Waals surface area (Å²) < 4.78 is 16.7. The molecule has 1 saturated heterocycles. The van der Waals surface area contributed by atoms with Crippen LogP contribution in [0.3, 0.4) is 0 Å². The highest BCUT2D eigenvalue weighted by Gasteiger charge is 2.47. The molecule has 0 radical (unpaired) electrons. The quantitative estimate of drug-likeness (QED) is 0.276. The number of carbonyl (C=O) groups excluding carboxylic acids is 2. The van der Waals surface area contributed by atoms with E-state index >= 15 is 0 Å². The van der Waals surface area contributed by atoms with E-state index in [0.29, 0.717) is 34.9 Å². The Morgan fingerprint density at radius 2 is 1.70 bits per heavy atom. The average molecular weight is 500 g/mol. The zero-order valence-corrected chi connectivity index (χ0v) is 21.1. The summed E-state index contributed by atoms with van der Waals surface area (Å²) in [7, 11) is 1.56. The second kappa shape index (κ2) is 10.0. The zero-order chi connectivity index (χ0) is 26.1. The molecule has 5 rings (SSSR count). The number of hydrogen-bond acceptors (Lipinski definition) is 6. The van der Waals surface area contributed by atoms with E-state index in [1.807, 2.05) is 32.0 Å². The topological polar surface area (TPSA) is 85.3 Å². The first kappa shape index (κ1) is 24.4. The van der Waals surface area contributed by atoms with Crippen LogP contribution in [-0.4, -0.2) is 36.6 Å². The molecule has 2 aliphatic rings. The second-order valence-corrected chi connectivity index (χ2v) is 9.38. The first-order valence-corrected chi connectivity index (χ1v) is 12.3. The molecule has 1 N–H and O–H groups in total. The van der Waals surface area contributed by atoms with Crippen molar-refractivity contribution in [1.82, 2.24) is 0 Å². The number of carbonyl (C=O) groups is 2. The molecular formula is C30H29NO6. The van der Waals surface area contributed by atoms with Gasteiger partial charge in [0.2, 0.25) is 0 Å².